The Hall–Kier alpha value is -2.57. The summed E-state index contributed by atoms with van der Waals surface area (Å²) >= 11 is 4.72. The van der Waals surface area contributed by atoms with Gasteiger partial charge in [0, 0.05) is 15.9 Å². The van der Waals surface area contributed by atoms with Crippen LogP contribution in [0.5, 0.6) is 0 Å². The van der Waals surface area contributed by atoms with Gasteiger partial charge in [0.05, 0.1) is 12.5 Å². The standard InChI is InChI=1S/C25H22BrNO3S/c26-20-13-11-19(12-14-20)17-27-22(15-18-7-3-1-4-8-18)25(24(29)30,16-23(27)28)31-21-9-5-2-6-10-21/h1-14,22H,15-17H2,(H,29,30). The molecule has 4 rings (SSSR count). The molecule has 1 fully saturated rings. The summed E-state index contributed by atoms with van der Waals surface area (Å²) < 4.78 is -0.298. The average molecular weight is 496 g/mol. The van der Waals surface area contributed by atoms with Gasteiger partial charge in [-0.2, -0.15) is 0 Å². The first-order valence-corrected chi connectivity index (χ1v) is 11.6. The van der Waals surface area contributed by atoms with E-state index in [1.165, 1.54) is 11.8 Å². The number of carboxylic acid groups (broad SMARTS) is 1. The van der Waals surface area contributed by atoms with Crippen molar-refractivity contribution in [1.82, 2.24) is 4.90 Å². The SMILES string of the molecule is O=C1CC(Sc2ccccc2)(C(=O)O)C(Cc2ccccc2)N1Cc1ccc(Br)cc1. The van der Waals surface area contributed by atoms with E-state index in [1.807, 2.05) is 84.9 Å². The maximum Gasteiger partial charge on any atom is 0.322 e. The van der Waals surface area contributed by atoms with Crippen LogP contribution in [-0.2, 0) is 22.6 Å². The van der Waals surface area contributed by atoms with Crippen LogP contribution in [0, 0.1) is 0 Å². The van der Waals surface area contributed by atoms with E-state index in [1.54, 1.807) is 4.90 Å². The van der Waals surface area contributed by atoms with E-state index in [2.05, 4.69) is 15.9 Å². The van der Waals surface area contributed by atoms with Crippen LogP contribution in [-0.4, -0.2) is 32.7 Å². The molecule has 1 N–H and O–H groups in total. The first-order chi connectivity index (χ1) is 15.0. The lowest BCUT2D eigenvalue weighted by atomic mass is 9.93. The molecule has 0 radical (unpaired) electrons. The Kier molecular flexibility index (Phi) is 6.49. The minimum absolute atomic E-state index is 0.0318. The van der Waals surface area contributed by atoms with Gasteiger partial charge in [0.2, 0.25) is 5.91 Å². The topological polar surface area (TPSA) is 57.6 Å². The number of aliphatic carboxylic acids is 1. The molecular weight excluding hydrogens is 474 g/mol. The molecule has 158 valence electrons. The molecule has 1 heterocycles. The molecule has 0 saturated carbocycles. The second kappa shape index (κ2) is 9.28. The molecular formula is C25H22BrNO3S. The smallest absolute Gasteiger partial charge is 0.322 e. The largest absolute Gasteiger partial charge is 0.480 e. The summed E-state index contributed by atoms with van der Waals surface area (Å²) in [6.07, 6.45) is 0.450. The first kappa shape index (κ1) is 21.7. The summed E-state index contributed by atoms with van der Waals surface area (Å²) in [5.74, 6) is -1.08. The van der Waals surface area contributed by atoms with Crippen molar-refractivity contribution in [3.05, 3.63) is 101 Å². The second-order valence-electron chi connectivity index (χ2n) is 7.64. The van der Waals surface area contributed by atoms with E-state index in [0.29, 0.717) is 13.0 Å². The maximum absolute atomic E-state index is 13.2. The molecule has 31 heavy (non-hydrogen) atoms. The van der Waals surface area contributed by atoms with Crippen LogP contribution in [0.2, 0.25) is 0 Å². The molecule has 0 bridgehead atoms. The number of thioether (sulfide) groups is 1. The predicted molar refractivity (Wildman–Crippen MR) is 126 cm³/mol. The van der Waals surface area contributed by atoms with E-state index in [9.17, 15) is 14.7 Å². The van der Waals surface area contributed by atoms with Gasteiger partial charge in [-0.25, -0.2) is 0 Å². The van der Waals surface area contributed by atoms with E-state index in [4.69, 9.17) is 0 Å². The van der Waals surface area contributed by atoms with Crippen LogP contribution < -0.4 is 0 Å². The highest BCUT2D eigenvalue weighted by Gasteiger charge is 2.57. The molecule has 4 nitrogen and oxygen atoms in total. The molecule has 1 aliphatic rings. The van der Waals surface area contributed by atoms with Gasteiger partial charge in [-0.05, 0) is 41.8 Å². The number of benzene rings is 3. The van der Waals surface area contributed by atoms with Gasteiger partial charge in [0.15, 0.2) is 0 Å². The number of amides is 1. The Balaban J connectivity index is 1.73. The number of carboxylic acids is 1. The molecule has 6 heteroatoms. The van der Waals surface area contributed by atoms with Crippen LogP contribution in [0.3, 0.4) is 0 Å². The lowest BCUT2D eigenvalue weighted by Crippen LogP contribution is -2.49. The zero-order valence-corrected chi connectivity index (χ0v) is 19.2. The molecule has 1 saturated heterocycles. The lowest BCUT2D eigenvalue weighted by Gasteiger charge is -2.34. The molecule has 3 aromatic carbocycles. The lowest BCUT2D eigenvalue weighted by molar-refractivity contribution is -0.140. The van der Waals surface area contributed by atoms with Crippen molar-refractivity contribution in [2.45, 2.75) is 35.1 Å². The zero-order valence-electron chi connectivity index (χ0n) is 16.8. The van der Waals surface area contributed by atoms with Crippen molar-refractivity contribution in [1.29, 1.82) is 0 Å². The maximum atomic E-state index is 13.2. The van der Waals surface area contributed by atoms with Gasteiger partial charge in [0.1, 0.15) is 4.75 Å². The summed E-state index contributed by atoms with van der Waals surface area (Å²) in [4.78, 5) is 28.5. The highest BCUT2D eigenvalue weighted by Crippen LogP contribution is 2.47. The summed E-state index contributed by atoms with van der Waals surface area (Å²) in [5.41, 5.74) is 1.99. The first-order valence-electron chi connectivity index (χ1n) is 10.0. The zero-order chi connectivity index (χ0) is 21.8. The summed E-state index contributed by atoms with van der Waals surface area (Å²) in [7, 11) is 0. The monoisotopic (exact) mass is 495 g/mol. The van der Waals surface area contributed by atoms with Crippen LogP contribution in [0.15, 0.2) is 94.3 Å². The van der Waals surface area contributed by atoms with Crippen LogP contribution in [0.25, 0.3) is 0 Å². The molecule has 1 amide bonds. The number of rotatable bonds is 7. The van der Waals surface area contributed by atoms with Crippen molar-refractivity contribution in [3.63, 3.8) is 0 Å². The molecule has 1 aliphatic heterocycles. The highest BCUT2D eigenvalue weighted by molar-refractivity contribution is 9.10. The fourth-order valence-corrected chi connectivity index (χ4v) is 5.64. The molecule has 0 aliphatic carbocycles. The summed E-state index contributed by atoms with van der Waals surface area (Å²) in [6, 6.07) is 26.6. The molecule has 2 atom stereocenters. The van der Waals surface area contributed by atoms with E-state index < -0.39 is 16.8 Å². The summed E-state index contributed by atoms with van der Waals surface area (Å²) in [5, 5.41) is 10.4. The fourth-order valence-electron chi connectivity index (χ4n) is 4.03. The Morgan fingerprint density at radius 3 is 2.19 bits per heavy atom. The minimum Gasteiger partial charge on any atom is -0.480 e. The van der Waals surface area contributed by atoms with Crippen molar-refractivity contribution in [2.24, 2.45) is 0 Å². The third kappa shape index (κ3) is 4.70. The quantitative estimate of drug-likeness (QED) is 0.476. The van der Waals surface area contributed by atoms with Crippen LogP contribution >= 0.6 is 27.7 Å². The van der Waals surface area contributed by atoms with Crippen molar-refractivity contribution in [2.75, 3.05) is 0 Å². The molecule has 0 spiro atoms. The van der Waals surface area contributed by atoms with Gasteiger partial charge in [-0.1, -0.05) is 76.6 Å². The number of halogens is 1. The minimum atomic E-state index is -1.26. The van der Waals surface area contributed by atoms with E-state index in [-0.39, 0.29) is 12.3 Å². The third-order valence-corrected chi connectivity index (χ3v) is 7.58. The van der Waals surface area contributed by atoms with Crippen LogP contribution in [0.4, 0.5) is 0 Å². The Morgan fingerprint density at radius 2 is 1.58 bits per heavy atom. The van der Waals surface area contributed by atoms with Crippen molar-refractivity contribution in [3.8, 4) is 0 Å². The fraction of sp³-hybridized carbons (Fsp3) is 0.200. The van der Waals surface area contributed by atoms with E-state index >= 15 is 0 Å². The van der Waals surface area contributed by atoms with Crippen molar-refractivity contribution >= 4 is 39.6 Å². The third-order valence-electron chi connectivity index (χ3n) is 5.59. The van der Waals surface area contributed by atoms with Gasteiger partial charge in [-0.3, -0.25) is 9.59 Å². The Morgan fingerprint density at radius 1 is 0.968 bits per heavy atom. The van der Waals surface area contributed by atoms with Gasteiger partial charge in [0.25, 0.3) is 0 Å². The van der Waals surface area contributed by atoms with Gasteiger partial charge >= 0.3 is 5.97 Å². The molecule has 2 unspecified atom stereocenters. The van der Waals surface area contributed by atoms with Crippen LogP contribution in [0.1, 0.15) is 17.5 Å². The number of carbonyl (C=O) groups excluding carboxylic acids is 1. The summed E-state index contributed by atoms with van der Waals surface area (Å²) in [6.45, 7) is 0.383. The Bertz CT molecular complexity index is 1060. The highest BCUT2D eigenvalue weighted by atomic mass is 79.9. The number of hydrogen-bond acceptors (Lipinski definition) is 3. The number of nitrogens with zero attached hydrogens (tertiary/aromatic N) is 1. The average Bonchev–Trinajstić information content (AvgIpc) is 3.03. The molecule has 3 aromatic rings. The van der Waals surface area contributed by atoms with Crippen molar-refractivity contribution < 1.29 is 14.7 Å². The predicted octanol–water partition coefficient (Wildman–Crippen LogP) is 5.41. The van der Waals surface area contributed by atoms with E-state index in [0.717, 1.165) is 20.5 Å². The Labute approximate surface area is 194 Å². The van der Waals surface area contributed by atoms with Gasteiger partial charge < -0.3 is 10.0 Å². The number of likely N-dealkylation sites (tertiary alicyclic amines) is 1. The normalized spacial score (nSPS) is 20.7. The van der Waals surface area contributed by atoms with Gasteiger partial charge in [-0.15, -0.1) is 11.8 Å². The molecule has 0 aromatic heterocycles. The second-order valence-corrected chi connectivity index (χ2v) is 9.96. The number of carbonyl (C=O) groups is 2. The number of hydrogen-bond donors (Lipinski definition) is 1.